The highest BCUT2D eigenvalue weighted by Gasteiger charge is 2.17. The first-order chi connectivity index (χ1) is 9.65. The van der Waals surface area contributed by atoms with Gasteiger partial charge in [0.15, 0.2) is 0 Å². The van der Waals surface area contributed by atoms with Crippen molar-refractivity contribution >= 4 is 0 Å². The zero-order valence-corrected chi connectivity index (χ0v) is 11.9. The molecule has 2 aromatic heterocycles. The van der Waals surface area contributed by atoms with E-state index >= 15 is 0 Å². The predicted molar refractivity (Wildman–Crippen MR) is 74.8 cm³/mol. The number of oxazole rings is 1. The van der Waals surface area contributed by atoms with Gasteiger partial charge >= 0.3 is 0 Å². The summed E-state index contributed by atoms with van der Waals surface area (Å²) in [6.45, 7) is 4.32. The lowest BCUT2D eigenvalue weighted by Gasteiger charge is -2.07. The molecule has 0 unspecified atom stereocenters. The normalized spacial score (nSPS) is 14.6. The number of nitrogens with zero attached hydrogens (tertiary/aromatic N) is 3. The van der Waals surface area contributed by atoms with Crippen molar-refractivity contribution < 1.29 is 4.42 Å². The van der Waals surface area contributed by atoms with Crippen LogP contribution in [0, 0.1) is 0 Å². The summed E-state index contributed by atoms with van der Waals surface area (Å²) < 4.78 is 7.40. The molecule has 0 saturated carbocycles. The van der Waals surface area contributed by atoms with E-state index < -0.39 is 0 Å². The largest absolute Gasteiger partial charge is 0.443 e. The minimum absolute atomic E-state index is 0.0568. The molecule has 0 radical (unpaired) electrons. The Bertz CT molecular complexity index is 646. The Morgan fingerprint density at radius 2 is 2.15 bits per heavy atom. The van der Waals surface area contributed by atoms with E-state index in [1.807, 2.05) is 13.8 Å². The highest BCUT2D eigenvalue weighted by atomic mass is 16.4. The van der Waals surface area contributed by atoms with E-state index in [4.69, 9.17) is 4.42 Å². The van der Waals surface area contributed by atoms with Crippen molar-refractivity contribution in [2.75, 3.05) is 0 Å². The zero-order chi connectivity index (χ0) is 14.1. The van der Waals surface area contributed by atoms with Gasteiger partial charge in [-0.15, -0.1) is 0 Å². The topological polar surface area (TPSA) is 60.9 Å². The molecule has 0 saturated heterocycles. The molecule has 3 rings (SSSR count). The van der Waals surface area contributed by atoms with Crippen molar-refractivity contribution in [3.8, 4) is 0 Å². The first-order valence-electron chi connectivity index (χ1n) is 7.18. The summed E-state index contributed by atoms with van der Waals surface area (Å²) in [6.07, 6.45) is 7.64. The average molecular weight is 273 g/mol. The lowest BCUT2D eigenvalue weighted by atomic mass is 10.0. The second kappa shape index (κ2) is 5.23. The van der Waals surface area contributed by atoms with Crippen LogP contribution in [0.4, 0.5) is 0 Å². The molecule has 0 aromatic carbocycles. The minimum Gasteiger partial charge on any atom is -0.443 e. The van der Waals surface area contributed by atoms with Gasteiger partial charge in [0.2, 0.25) is 5.89 Å². The first-order valence-corrected chi connectivity index (χ1v) is 7.18. The second-order valence-corrected chi connectivity index (χ2v) is 5.58. The van der Waals surface area contributed by atoms with Crippen molar-refractivity contribution in [3.63, 3.8) is 0 Å². The lowest BCUT2D eigenvalue weighted by molar-refractivity contribution is 0.426. The molecule has 0 aliphatic heterocycles. The van der Waals surface area contributed by atoms with E-state index in [0.29, 0.717) is 18.1 Å². The van der Waals surface area contributed by atoms with Crippen LogP contribution >= 0.6 is 0 Å². The van der Waals surface area contributed by atoms with Crippen molar-refractivity contribution in [2.45, 2.75) is 52.0 Å². The molecule has 1 aliphatic rings. The van der Waals surface area contributed by atoms with Crippen LogP contribution in [0.2, 0.25) is 0 Å². The molecular formula is C15H19N3O2. The van der Waals surface area contributed by atoms with Gasteiger partial charge in [-0.05, 0) is 19.3 Å². The molecular weight excluding hydrogens is 254 g/mol. The summed E-state index contributed by atoms with van der Waals surface area (Å²) in [4.78, 5) is 21.0. The van der Waals surface area contributed by atoms with E-state index in [9.17, 15) is 4.79 Å². The molecule has 0 bridgehead atoms. The number of hydrogen-bond donors (Lipinski definition) is 0. The summed E-state index contributed by atoms with van der Waals surface area (Å²) in [5.74, 6) is 1.74. The Labute approximate surface area is 117 Å². The van der Waals surface area contributed by atoms with E-state index in [-0.39, 0.29) is 11.5 Å². The quantitative estimate of drug-likeness (QED) is 0.860. The van der Waals surface area contributed by atoms with Crippen LogP contribution in [0.3, 0.4) is 0 Å². The molecule has 1 aliphatic carbocycles. The van der Waals surface area contributed by atoms with Gasteiger partial charge in [-0.2, -0.15) is 0 Å². The molecule has 0 atom stereocenters. The third-order valence-corrected chi connectivity index (χ3v) is 3.68. The predicted octanol–water partition coefficient (Wildman–Crippen LogP) is 2.28. The molecule has 5 heteroatoms. The summed E-state index contributed by atoms with van der Waals surface area (Å²) >= 11 is 0. The molecule has 0 N–H and O–H groups in total. The van der Waals surface area contributed by atoms with Gasteiger partial charge in [0.25, 0.3) is 5.56 Å². The van der Waals surface area contributed by atoms with Crippen LogP contribution in [0.5, 0.6) is 0 Å². The van der Waals surface area contributed by atoms with Crippen molar-refractivity contribution in [1.29, 1.82) is 0 Å². The summed E-state index contributed by atoms with van der Waals surface area (Å²) in [7, 11) is 0. The summed E-state index contributed by atoms with van der Waals surface area (Å²) in [5, 5.41) is 0. The highest BCUT2D eigenvalue weighted by Crippen LogP contribution is 2.21. The first kappa shape index (κ1) is 13.1. The summed E-state index contributed by atoms with van der Waals surface area (Å²) in [6, 6.07) is 0. The Morgan fingerprint density at radius 3 is 2.90 bits per heavy atom. The van der Waals surface area contributed by atoms with Crippen molar-refractivity contribution in [2.24, 2.45) is 0 Å². The Morgan fingerprint density at radius 1 is 1.35 bits per heavy atom. The number of aryl methyl sites for hydroxylation is 2. The van der Waals surface area contributed by atoms with Crippen molar-refractivity contribution in [1.82, 2.24) is 14.5 Å². The van der Waals surface area contributed by atoms with Crippen LogP contribution in [-0.4, -0.2) is 14.5 Å². The molecule has 0 amide bonds. The lowest BCUT2D eigenvalue weighted by Crippen LogP contribution is -2.25. The fraction of sp³-hybridized carbons (Fsp3) is 0.533. The van der Waals surface area contributed by atoms with Crippen LogP contribution in [0.15, 0.2) is 21.6 Å². The minimum atomic E-state index is -0.0568. The van der Waals surface area contributed by atoms with E-state index in [0.717, 1.165) is 30.7 Å². The van der Waals surface area contributed by atoms with Crippen molar-refractivity contribution in [3.05, 3.63) is 45.8 Å². The van der Waals surface area contributed by atoms with Gasteiger partial charge in [0.05, 0.1) is 5.69 Å². The maximum atomic E-state index is 12.3. The van der Waals surface area contributed by atoms with Crippen LogP contribution in [0.1, 0.15) is 55.6 Å². The molecule has 0 spiro atoms. The standard InChI is InChI=1S/C15H19N3O2/c1-10(2)14-15(19)18(8-7-16-14)9-13-17-11-5-3-4-6-12(11)20-13/h7-8,10H,3-6,9H2,1-2H3. The smallest absolute Gasteiger partial charge is 0.272 e. The average Bonchev–Trinajstić information content (AvgIpc) is 2.83. The Balaban J connectivity index is 1.90. The Hall–Kier alpha value is -1.91. The SMILES string of the molecule is CC(C)c1nccn(Cc2nc3c(o2)CCCC3)c1=O. The fourth-order valence-corrected chi connectivity index (χ4v) is 2.60. The fourth-order valence-electron chi connectivity index (χ4n) is 2.60. The van der Waals surface area contributed by atoms with Crippen LogP contribution < -0.4 is 5.56 Å². The van der Waals surface area contributed by atoms with Gasteiger partial charge < -0.3 is 8.98 Å². The van der Waals surface area contributed by atoms with Gasteiger partial charge in [-0.3, -0.25) is 9.78 Å². The molecule has 20 heavy (non-hydrogen) atoms. The van der Waals surface area contributed by atoms with Crippen LogP contribution in [0.25, 0.3) is 0 Å². The Kier molecular flexibility index (Phi) is 3.42. The van der Waals surface area contributed by atoms with Gasteiger partial charge in [0.1, 0.15) is 18.0 Å². The highest BCUT2D eigenvalue weighted by molar-refractivity contribution is 5.13. The van der Waals surface area contributed by atoms with E-state index in [1.54, 1.807) is 17.0 Å². The third-order valence-electron chi connectivity index (χ3n) is 3.68. The van der Waals surface area contributed by atoms with Gasteiger partial charge in [0, 0.05) is 24.7 Å². The molecule has 106 valence electrons. The van der Waals surface area contributed by atoms with E-state index in [2.05, 4.69) is 9.97 Å². The van der Waals surface area contributed by atoms with Gasteiger partial charge in [-0.1, -0.05) is 13.8 Å². The molecule has 5 nitrogen and oxygen atoms in total. The van der Waals surface area contributed by atoms with E-state index in [1.165, 1.54) is 6.42 Å². The molecule has 2 heterocycles. The summed E-state index contributed by atoms with van der Waals surface area (Å²) in [5.41, 5.74) is 1.60. The second-order valence-electron chi connectivity index (χ2n) is 5.58. The number of fused-ring (bicyclic) bond motifs is 1. The zero-order valence-electron chi connectivity index (χ0n) is 11.9. The van der Waals surface area contributed by atoms with Crippen LogP contribution in [-0.2, 0) is 19.4 Å². The molecule has 2 aromatic rings. The molecule has 0 fully saturated rings. The van der Waals surface area contributed by atoms with Gasteiger partial charge in [-0.25, -0.2) is 4.98 Å². The number of hydrogen-bond acceptors (Lipinski definition) is 4. The maximum absolute atomic E-state index is 12.3. The number of aromatic nitrogens is 3. The maximum Gasteiger partial charge on any atom is 0.272 e. The monoisotopic (exact) mass is 273 g/mol. The third kappa shape index (κ3) is 2.40. The number of rotatable bonds is 3.